The van der Waals surface area contributed by atoms with Crippen molar-refractivity contribution in [3.05, 3.63) is 35.9 Å². The Morgan fingerprint density at radius 2 is 1.93 bits per heavy atom. The number of carbonyl (C=O) groups is 4. The minimum Gasteiger partial charge on any atom is -0.497 e. The topological polar surface area (TPSA) is 203 Å². The molecule has 7 rings (SSSR count). The summed E-state index contributed by atoms with van der Waals surface area (Å²) in [6.07, 6.45) is 6.16. The molecule has 2 saturated carbocycles. The summed E-state index contributed by atoms with van der Waals surface area (Å²) in [4.78, 5) is 60.9. The van der Waals surface area contributed by atoms with Gasteiger partial charge in [0.25, 0.3) is 5.91 Å². The normalized spacial score (nSPS) is 31.2. The van der Waals surface area contributed by atoms with Crippen LogP contribution in [0, 0.1) is 17.8 Å². The molecule has 3 aliphatic heterocycles. The molecule has 2 unspecified atom stereocenters. The molecule has 0 bridgehead atoms. The van der Waals surface area contributed by atoms with Crippen LogP contribution in [-0.4, -0.2) is 96.0 Å². The average Bonchev–Trinajstić information content (AvgIpc) is 4.01. The molecule has 15 nitrogen and oxygen atoms in total. The Hall–Kier alpha value is -4.60. The average molecular weight is 768 g/mol. The van der Waals surface area contributed by atoms with Gasteiger partial charge >= 0.3 is 6.09 Å². The van der Waals surface area contributed by atoms with Crippen LogP contribution < -0.4 is 29.6 Å². The molecule has 5 aliphatic rings. The smallest absolute Gasteiger partial charge is 0.405 e. The number of methoxy groups -OCH3 is 1. The Morgan fingerprint density at radius 3 is 2.65 bits per heavy atom. The van der Waals surface area contributed by atoms with Gasteiger partial charge in [0, 0.05) is 23.3 Å². The largest absolute Gasteiger partial charge is 0.497 e. The van der Waals surface area contributed by atoms with Crippen LogP contribution in [0.3, 0.4) is 0 Å². The van der Waals surface area contributed by atoms with Crippen molar-refractivity contribution in [2.45, 2.75) is 107 Å². The molecule has 292 valence electrons. The lowest BCUT2D eigenvalue weighted by atomic mass is 9.88. The molecular weight excluding hydrogens is 719 g/mol. The van der Waals surface area contributed by atoms with Gasteiger partial charge in [0.05, 0.1) is 25.0 Å². The number of nitrogens with one attached hydrogen (secondary N) is 3. The number of ether oxygens (including phenoxy) is 3. The highest BCUT2D eigenvalue weighted by molar-refractivity contribution is 7.91. The van der Waals surface area contributed by atoms with Crippen molar-refractivity contribution in [1.29, 1.82) is 0 Å². The van der Waals surface area contributed by atoms with E-state index in [1.54, 1.807) is 20.1 Å². The summed E-state index contributed by atoms with van der Waals surface area (Å²) < 4.78 is 45.5. The molecule has 16 heteroatoms. The SMILES string of the molecule is COc1ccc2c(O[C@@H]3C[C@H]4C(=O)NC5(C(=O)NS(=O)(=O)C6(C)CC6)CC5/C=C\CC[C@H](C)C[C@@H](C)[C@H](NC(=O)O)C(=O)N4C3)nc3c(c2c1)CCCO3. The van der Waals surface area contributed by atoms with Gasteiger partial charge in [0.1, 0.15) is 29.5 Å². The fourth-order valence-corrected chi connectivity index (χ4v) is 9.49. The second-order valence-electron chi connectivity index (χ2n) is 16.0. The molecule has 7 atom stereocenters. The van der Waals surface area contributed by atoms with Crippen LogP contribution in [0.25, 0.3) is 10.8 Å². The van der Waals surface area contributed by atoms with E-state index in [-0.39, 0.29) is 31.2 Å². The third-order valence-electron chi connectivity index (χ3n) is 11.9. The number of hydrogen-bond acceptors (Lipinski definition) is 10. The standard InChI is InChI=1S/C38H49N5O10S/c1-21-8-5-6-9-23-19-38(23,35(46)42-54(49,50)37(3)13-14-37)41-31(44)29-18-25(20-43(29)34(45)30(22(2)16-21)39-36(47)48)53-33-27-12-11-24(51-4)17-28(27)26-10-7-15-52-32(26)40-33/h6,9,11-12,17,21-23,25,29-30,39H,5,7-8,10,13-16,18-20H2,1-4H3,(H,41,44)(H,42,46)(H,47,48)/b9-6-/t21-,22+,23?,25+,29-,30-,38?/m0/s1. The van der Waals surface area contributed by atoms with Gasteiger partial charge in [-0.2, -0.15) is 4.98 Å². The number of benzene rings is 1. The highest BCUT2D eigenvalue weighted by Gasteiger charge is 2.63. The third-order valence-corrected chi connectivity index (χ3v) is 14.0. The molecule has 2 aromatic rings. The van der Waals surface area contributed by atoms with Crippen molar-refractivity contribution in [2.24, 2.45) is 17.8 Å². The summed E-state index contributed by atoms with van der Waals surface area (Å²) in [6, 6.07) is 3.18. The quantitative estimate of drug-likeness (QED) is 0.301. The van der Waals surface area contributed by atoms with Crippen LogP contribution in [-0.2, 0) is 30.8 Å². The number of fused-ring (bicyclic) bond motifs is 5. The van der Waals surface area contributed by atoms with E-state index in [0.29, 0.717) is 49.3 Å². The molecule has 3 fully saturated rings. The predicted molar refractivity (Wildman–Crippen MR) is 197 cm³/mol. The number of sulfonamides is 1. The van der Waals surface area contributed by atoms with E-state index < -0.39 is 74.1 Å². The van der Waals surface area contributed by atoms with Crippen molar-refractivity contribution in [3.8, 4) is 17.5 Å². The predicted octanol–water partition coefficient (Wildman–Crippen LogP) is 3.44. The highest BCUT2D eigenvalue weighted by atomic mass is 32.2. The highest BCUT2D eigenvalue weighted by Crippen LogP contribution is 2.48. The summed E-state index contributed by atoms with van der Waals surface area (Å²) in [5.41, 5.74) is -0.624. The van der Waals surface area contributed by atoms with Crippen LogP contribution in [0.4, 0.5) is 4.79 Å². The maximum Gasteiger partial charge on any atom is 0.405 e. The van der Waals surface area contributed by atoms with E-state index in [0.717, 1.165) is 30.2 Å². The van der Waals surface area contributed by atoms with Gasteiger partial charge < -0.3 is 34.9 Å². The molecule has 2 aliphatic carbocycles. The number of carboxylic acid groups (broad SMARTS) is 1. The van der Waals surface area contributed by atoms with Gasteiger partial charge in [0.15, 0.2) is 0 Å². The van der Waals surface area contributed by atoms with Gasteiger partial charge in [-0.25, -0.2) is 13.2 Å². The van der Waals surface area contributed by atoms with Crippen molar-refractivity contribution < 1.29 is 46.9 Å². The molecular formula is C38H49N5O10S. The zero-order valence-corrected chi connectivity index (χ0v) is 31.9. The van der Waals surface area contributed by atoms with Crippen molar-refractivity contribution in [3.63, 3.8) is 0 Å². The molecule has 1 saturated heterocycles. The van der Waals surface area contributed by atoms with E-state index >= 15 is 0 Å². The van der Waals surface area contributed by atoms with Crippen molar-refractivity contribution in [2.75, 3.05) is 20.3 Å². The van der Waals surface area contributed by atoms with Crippen molar-refractivity contribution in [1.82, 2.24) is 25.2 Å². The maximum atomic E-state index is 14.5. The summed E-state index contributed by atoms with van der Waals surface area (Å²) in [5, 5.41) is 16.6. The second kappa shape index (κ2) is 14.2. The van der Waals surface area contributed by atoms with Gasteiger partial charge in [-0.1, -0.05) is 26.0 Å². The van der Waals surface area contributed by atoms with E-state index in [4.69, 9.17) is 19.2 Å². The third kappa shape index (κ3) is 7.16. The minimum absolute atomic E-state index is 0.00596. The Kier molecular flexibility index (Phi) is 9.94. The summed E-state index contributed by atoms with van der Waals surface area (Å²) in [5.74, 6) is -1.52. The van der Waals surface area contributed by atoms with Crippen LogP contribution in [0.1, 0.15) is 77.7 Å². The van der Waals surface area contributed by atoms with Crippen LogP contribution in [0.5, 0.6) is 17.5 Å². The van der Waals surface area contributed by atoms with E-state index in [2.05, 4.69) is 15.4 Å². The van der Waals surface area contributed by atoms with Crippen LogP contribution in [0.15, 0.2) is 30.4 Å². The molecule has 0 spiro atoms. The molecule has 0 radical (unpaired) electrons. The first-order chi connectivity index (χ1) is 25.6. The molecule has 1 aromatic heterocycles. The first-order valence-corrected chi connectivity index (χ1v) is 20.3. The molecule has 4 amide bonds. The first kappa shape index (κ1) is 37.7. The zero-order chi connectivity index (χ0) is 38.6. The number of hydrogen-bond donors (Lipinski definition) is 4. The molecule has 1 aromatic carbocycles. The number of amides is 4. The Labute approximate surface area is 314 Å². The Morgan fingerprint density at radius 1 is 1.15 bits per heavy atom. The lowest BCUT2D eigenvalue weighted by Crippen LogP contribution is -2.59. The van der Waals surface area contributed by atoms with Gasteiger partial charge in [-0.3, -0.25) is 19.1 Å². The summed E-state index contributed by atoms with van der Waals surface area (Å²) in [7, 11) is -2.43. The number of aromatic nitrogens is 1. The fraction of sp³-hybridized carbons (Fsp3) is 0.605. The number of rotatable bonds is 7. The van der Waals surface area contributed by atoms with Gasteiger partial charge in [-0.15, -0.1) is 0 Å². The minimum atomic E-state index is -4.01. The molecule has 4 N–H and O–H groups in total. The molecule has 4 heterocycles. The maximum absolute atomic E-state index is 14.5. The number of aryl methyl sites for hydroxylation is 1. The monoisotopic (exact) mass is 767 g/mol. The first-order valence-electron chi connectivity index (χ1n) is 18.8. The van der Waals surface area contributed by atoms with E-state index in [1.165, 1.54) is 4.90 Å². The van der Waals surface area contributed by atoms with Crippen molar-refractivity contribution >= 4 is 44.6 Å². The number of nitrogens with zero attached hydrogens (tertiary/aromatic N) is 2. The van der Waals surface area contributed by atoms with Gasteiger partial charge in [0.2, 0.25) is 33.6 Å². The van der Waals surface area contributed by atoms with Gasteiger partial charge in [-0.05, 0) is 93.7 Å². The second-order valence-corrected chi connectivity index (χ2v) is 18.1. The Balaban J connectivity index is 1.24. The lowest BCUT2D eigenvalue weighted by Gasteiger charge is -2.32. The van der Waals surface area contributed by atoms with Crippen LogP contribution >= 0.6 is 0 Å². The van der Waals surface area contributed by atoms with E-state index in [1.807, 2.05) is 38.1 Å². The van der Waals surface area contributed by atoms with E-state index in [9.17, 15) is 32.7 Å². The fourth-order valence-electron chi connectivity index (χ4n) is 8.18. The zero-order valence-electron chi connectivity index (χ0n) is 31.1. The number of pyridine rings is 1. The number of carbonyl (C=O) groups excluding carboxylic acids is 3. The number of allylic oxidation sites excluding steroid dienone is 1. The molecule has 54 heavy (non-hydrogen) atoms. The Bertz CT molecular complexity index is 2000. The summed E-state index contributed by atoms with van der Waals surface area (Å²) in [6.45, 7) is 5.84. The summed E-state index contributed by atoms with van der Waals surface area (Å²) >= 11 is 0. The lowest BCUT2D eigenvalue weighted by molar-refractivity contribution is -0.142. The van der Waals surface area contributed by atoms with Crippen LogP contribution in [0.2, 0.25) is 0 Å².